The van der Waals surface area contributed by atoms with Crippen LogP contribution < -0.4 is 16.4 Å². The number of carbonyl (C=O) groups is 3. The molecule has 0 saturated carbocycles. The normalized spacial score (nSPS) is 17.1. The van der Waals surface area contributed by atoms with Crippen molar-refractivity contribution in [3.63, 3.8) is 0 Å². The number of fused-ring (bicyclic) bond motifs is 1. The maximum absolute atomic E-state index is 13.2. The molecule has 37 heavy (non-hydrogen) atoms. The van der Waals surface area contributed by atoms with Gasteiger partial charge in [-0.15, -0.1) is 0 Å². The molecular weight excluding hydrogens is 516 g/mol. The first-order valence-corrected chi connectivity index (χ1v) is 11.8. The number of benzene rings is 2. The van der Waals surface area contributed by atoms with E-state index >= 15 is 0 Å². The minimum Gasteiger partial charge on any atom is -0.369 e. The second-order valence-electron chi connectivity index (χ2n) is 8.51. The Balaban J connectivity index is 1.99. The van der Waals surface area contributed by atoms with Crippen molar-refractivity contribution in [2.24, 2.45) is 22.6 Å². The lowest BCUT2D eigenvalue weighted by Crippen LogP contribution is -2.48. The lowest BCUT2D eigenvalue weighted by molar-refractivity contribution is -0.146. The number of halogens is 5. The fraction of sp³-hybridized carbons (Fsp3) is 0.360. The largest absolute Gasteiger partial charge is 0.389 e. The molecule has 0 aromatic heterocycles. The van der Waals surface area contributed by atoms with Crippen molar-refractivity contribution < 1.29 is 31.9 Å². The molecule has 198 valence electrons. The van der Waals surface area contributed by atoms with Crippen molar-refractivity contribution in [3.8, 4) is 0 Å². The van der Waals surface area contributed by atoms with Crippen LogP contribution in [0, 0.1) is 11.8 Å². The zero-order valence-electron chi connectivity index (χ0n) is 19.5. The van der Waals surface area contributed by atoms with E-state index in [1.54, 1.807) is 48.5 Å². The van der Waals surface area contributed by atoms with Crippen LogP contribution in [0.2, 0.25) is 5.02 Å². The van der Waals surface area contributed by atoms with E-state index in [0.717, 1.165) is 0 Å². The number of anilines is 1. The number of benzodiazepines with no additional fused rings is 1. The molecule has 4 N–H and O–H groups in total. The van der Waals surface area contributed by atoms with E-state index in [1.165, 1.54) is 0 Å². The summed E-state index contributed by atoms with van der Waals surface area (Å²) in [6.45, 7) is -0.841. The van der Waals surface area contributed by atoms with Crippen LogP contribution in [0.1, 0.15) is 36.8 Å². The fourth-order valence-electron chi connectivity index (χ4n) is 4.14. The van der Waals surface area contributed by atoms with Gasteiger partial charge in [0.05, 0.1) is 23.1 Å². The van der Waals surface area contributed by atoms with Gasteiger partial charge in [0.15, 0.2) is 0 Å². The minimum atomic E-state index is -4.61. The Hall–Kier alpha value is -3.47. The van der Waals surface area contributed by atoms with Crippen molar-refractivity contribution in [3.05, 3.63) is 64.7 Å². The first-order chi connectivity index (χ1) is 17.5. The van der Waals surface area contributed by atoms with Crippen LogP contribution in [-0.4, -0.2) is 42.4 Å². The molecular formula is C25H25ClF4N4O3. The second-order valence-corrected chi connectivity index (χ2v) is 8.91. The van der Waals surface area contributed by atoms with E-state index < -0.39 is 61.4 Å². The number of hydrogen-bond acceptors (Lipinski definition) is 4. The molecule has 0 radical (unpaired) electrons. The van der Waals surface area contributed by atoms with Crippen LogP contribution in [0.3, 0.4) is 0 Å². The molecule has 0 saturated heterocycles. The van der Waals surface area contributed by atoms with Crippen LogP contribution in [0.5, 0.6) is 0 Å². The highest BCUT2D eigenvalue weighted by Crippen LogP contribution is 2.32. The molecule has 1 aliphatic heterocycles. The fourth-order valence-corrected chi connectivity index (χ4v) is 4.36. The summed E-state index contributed by atoms with van der Waals surface area (Å²) in [5, 5.41) is 5.18. The standard InChI is InChI=1S/C25H25ClF4N4O3/c26-18-10-4-8-17-19(14-6-2-1-3-7-14)32-22(24(37)33-20(17)18)34-23(36)16(11-12-25(28,29)30)15(21(31)35)9-5-13-27/h1-4,6-8,10,15-16,22H,5,9,11-13H2,(H2,31,35)(H,33,37)(H,34,36)/t15?,16?,22-/m1/s1. The van der Waals surface area contributed by atoms with Gasteiger partial charge in [-0.05, 0) is 25.3 Å². The summed E-state index contributed by atoms with van der Waals surface area (Å²) in [7, 11) is 0. The van der Waals surface area contributed by atoms with Gasteiger partial charge in [-0.3, -0.25) is 18.8 Å². The maximum atomic E-state index is 13.2. The first kappa shape index (κ1) is 28.1. The third-order valence-electron chi connectivity index (χ3n) is 5.93. The average molecular weight is 541 g/mol. The Morgan fingerprint density at radius 1 is 1.08 bits per heavy atom. The minimum absolute atomic E-state index is 0.169. The highest BCUT2D eigenvalue weighted by molar-refractivity contribution is 6.36. The number of nitrogens with one attached hydrogen (secondary N) is 2. The van der Waals surface area contributed by atoms with E-state index in [9.17, 15) is 31.9 Å². The van der Waals surface area contributed by atoms with E-state index in [1.807, 2.05) is 0 Å². The highest BCUT2D eigenvalue weighted by Gasteiger charge is 2.38. The summed E-state index contributed by atoms with van der Waals surface area (Å²) >= 11 is 6.30. The molecule has 0 fully saturated rings. The van der Waals surface area contributed by atoms with Crippen molar-refractivity contribution in [2.75, 3.05) is 12.0 Å². The van der Waals surface area contributed by atoms with Gasteiger partial charge in [0.2, 0.25) is 18.0 Å². The van der Waals surface area contributed by atoms with Crippen molar-refractivity contribution in [1.82, 2.24) is 5.32 Å². The third kappa shape index (κ3) is 7.28. The van der Waals surface area contributed by atoms with Crippen LogP contribution in [0.25, 0.3) is 0 Å². The van der Waals surface area contributed by atoms with Gasteiger partial charge in [0, 0.05) is 29.4 Å². The SMILES string of the molecule is NC(=O)C(CCCF)C(CCC(F)(F)F)C(=O)N[C@H]1N=C(c2ccccc2)c2cccc(Cl)c2NC1=O. The molecule has 12 heteroatoms. The number of hydrogen-bond donors (Lipinski definition) is 3. The summed E-state index contributed by atoms with van der Waals surface area (Å²) in [4.78, 5) is 42.7. The zero-order valence-corrected chi connectivity index (χ0v) is 20.3. The Labute approximate surface area is 215 Å². The molecule has 2 aromatic carbocycles. The van der Waals surface area contributed by atoms with Gasteiger partial charge >= 0.3 is 6.18 Å². The number of nitrogens with zero attached hydrogens (tertiary/aromatic N) is 1. The Morgan fingerprint density at radius 3 is 2.41 bits per heavy atom. The first-order valence-electron chi connectivity index (χ1n) is 11.5. The molecule has 3 atom stereocenters. The van der Waals surface area contributed by atoms with Gasteiger partial charge in [-0.2, -0.15) is 13.2 Å². The molecule has 1 heterocycles. The van der Waals surface area contributed by atoms with Gasteiger partial charge < -0.3 is 16.4 Å². The van der Waals surface area contributed by atoms with Gasteiger partial charge in [0.25, 0.3) is 5.91 Å². The van der Waals surface area contributed by atoms with Crippen molar-refractivity contribution in [1.29, 1.82) is 0 Å². The predicted octanol–water partition coefficient (Wildman–Crippen LogP) is 4.38. The van der Waals surface area contributed by atoms with E-state index in [-0.39, 0.29) is 23.6 Å². The van der Waals surface area contributed by atoms with E-state index in [2.05, 4.69) is 15.6 Å². The summed E-state index contributed by atoms with van der Waals surface area (Å²) in [6.07, 6.45) is -8.71. The topological polar surface area (TPSA) is 114 Å². The molecule has 3 rings (SSSR count). The van der Waals surface area contributed by atoms with E-state index in [4.69, 9.17) is 17.3 Å². The smallest absolute Gasteiger partial charge is 0.369 e. The number of para-hydroxylation sites is 1. The Bertz CT molecular complexity index is 1170. The molecule has 0 bridgehead atoms. The van der Waals surface area contributed by atoms with Crippen LogP contribution >= 0.6 is 11.6 Å². The van der Waals surface area contributed by atoms with E-state index in [0.29, 0.717) is 16.8 Å². The third-order valence-corrected chi connectivity index (χ3v) is 6.24. The lowest BCUT2D eigenvalue weighted by Gasteiger charge is -2.25. The average Bonchev–Trinajstić information content (AvgIpc) is 2.98. The Kier molecular flexibility index (Phi) is 9.25. The van der Waals surface area contributed by atoms with Crippen molar-refractivity contribution >= 4 is 40.7 Å². The maximum Gasteiger partial charge on any atom is 0.389 e. The summed E-state index contributed by atoms with van der Waals surface area (Å²) in [6, 6.07) is 13.6. The number of primary amides is 1. The summed E-state index contributed by atoms with van der Waals surface area (Å²) in [5.74, 6) is -5.77. The highest BCUT2D eigenvalue weighted by atomic mass is 35.5. The number of alkyl halides is 4. The van der Waals surface area contributed by atoms with Crippen LogP contribution in [0.15, 0.2) is 53.5 Å². The molecule has 0 aliphatic carbocycles. The molecule has 7 nitrogen and oxygen atoms in total. The van der Waals surface area contributed by atoms with Gasteiger partial charge in [0.1, 0.15) is 0 Å². The van der Waals surface area contributed by atoms with Crippen LogP contribution in [0.4, 0.5) is 23.2 Å². The molecule has 2 aromatic rings. The number of carbonyl (C=O) groups excluding carboxylic acids is 3. The number of nitrogens with two attached hydrogens (primary N) is 1. The quantitative estimate of drug-likeness (QED) is 0.389. The molecule has 0 spiro atoms. The molecule has 1 aliphatic rings. The number of amides is 3. The van der Waals surface area contributed by atoms with Gasteiger partial charge in [-0.25, -0.2) is 4.99 Å². The zero-order chi connectivity index (χ0) is 27.2. The molecule has 3 amide bonds. The summed E-state index contributed by atoms with van der Waals surface area (Å²) < 4.78 is 51.8. The number of aliphatic imine (C=N–C) groups is 1. The molecule has 2 unspecified atom stereocenters. The van der Waals surface area contributed by atoms with Crippen LogP contribution in [-0.2, 0) is 14.4 Å². The Morgan fingerprint density at radius 2 is 1.78 bits per heavy atom. The predicted molar refractivity (Wildman–Crippen MR) is 131 cm³/mol. The lowest BCUT2D eigenvalue weighted by atomic mass is 9.83. The van der Waals surface area contributed by atoms with Gasteiger partial charge in [-0.1, -0.05) is 54.1 Å². The van der Waals surface area contributed by atoms with Crippen molar-refractivity contribution in [2.45, 2.75) is 38.0 Å². The monoisotopic (exact) mass is 540 g/mol. The second kappa shape index (κ2) is 12.2. The summed E-state index contributed by atoms with van der Waals surface area (Å²) in [5.41, 5.74) is 6.98. The number of rotatable bonds is 10.